The summed E-state index contributed by atoms with van der Waals surface area (Å²) in [5.74, 6) is 1.07. The molecule has 1 saturated carbocycles. The largest absolute Gasteiger partial charge is 0.379 e. The SMILES string of the molecule is CN=C(NCc1cccc(CN2CCOCC2)c1)N1CCC2(CCCC2)C1.I. The highest BCUT2D eigenvalue weighted by molar-refractivity contribution is 14.0. The van der Waals surface area contributed by atoms with Crippen molar-refractivity contribution < 1.29 is 4.74 Å². The lowest BCUT2D eigenvalue weighted by Crippen LogP contribution is -2.40. The zero-order valence-electron chi connectivity index (χ0n) is 17.2. The molecule has 1 aromatic rings. The molecule has 2 aliphatic heterocycles. The van der Waals surface area contributed by atoms with E-state index in [4.69, 9.17) is 4.74 Å². The van der Waals surface area contributed by atoms with Gasteiger partial charge in [0.25, 0.3) is 0 Å². The number of ether oxygens (including phenoxy) is 1. The minimum absolute atomic E-state index is 0. The Bertz CT molecular complexity index is 654. The van der Waals surface area contributed by atoms with Crippen LogP contribution in [0.5, 0.6) is 0 Å². The number of benzene rings is 1. The monoisotopic (exact) mass is 498 g/mol. The van der Waals surface area contributed by atoms with Crippen LogP contribution < -0.4 is 5.32 Å². The second-order valence-corrected chi connectivity index (χ2v) is 8.49. The Hall–Kier alpha value is -0.860. The van der Waals surface area contributed by atoms with Gasteiger partial charge in [0.1, 0.15) is 0 Å². The molecule has 0 radical (unpaired) electrons. The van der Waals surface area contributed by atoms with Gasteiger partial charge in [0.15, 0.2) is 5.96 Å². The molecule has 28 heavy (non-hydrogen) atoms. The predicted octanol–water partition coefficient (Wildman–Crippen LogP) is 3.48. The van der Waals surface area contributed by atoms with Crippen LogP contribution in [-0.2, 0) is 17.8 Å². The van der Waals surface area contributed by atoms with Gasteiger partial charge in [-0.15, -0.1) is 24.0 Å². The molecular formula is C22H35IN4O. The molecule has 3 aliphatic rings. The van der Waals surface area contributed by atoms with Crippen molar-refractivity contribution in [3.63, 3.8) is 0 Å². The van der Waals surface area contributed by atoms with Crippen molar-refractivity contribution in [2.45, 2.75) is 45.2 Å². The molecular weight excluding hydrogens is 463 g/mol. The summed E-state index contributed by atoms with van der Waals surface area (Å²) in [5.41, 5.74) is 3.30. The molecule has 0 aromatic heterocycles. The van der Waals surface area contributed by atoms with E-state index in [-0.39, 0.29) is 24.0 Å². The number of rotatable bonds is 4. The van der Waals surface area contributed by atoms with Crippen molar-refractivity contribution >= 4 is 29.9 Å². The summed E-state index contributed by atoms with van der Waals surface area (Å²) in [6.45, 7) is 7.97. The van der Waals surface area contributed by atoms with Crippen molar-refractivity contribution in [2.24, 2.45) is 10.4 Å². The van der Waals surface area contributed by atoms with E-state index >= 15 is 0 Å². The molecule has 3 fully saturated rings. The van der Waals surface area contributed by atoms with Gasteiger partial charge in [-0.1, -0.05) is 37.1 Å². The highest BCUT2D eigenvalue weighted by Crippen LogP contribution is 2.45. The van der Waals surface area contributed by atoms with E-state index in [1.165, 1.54) is 49.8 Å². The number of nitrogens with zero attached hydrogens (tertiary/aromatic N) is 3. The Morgan fingerprint density at radius 3 is 2.61 bits per heavy atom. The lowest BCUT2D eigenvalue weighted by atomic mass is 9.86. The number of guanidine groups is 1. The quantitative estimate of drug-likeness (QED) is 0.392. The van der Waals surface area contributed by atoms with Crippen LogP contribution in [0.25, 0.3) is 0 Å². The zero-order chi connectivity index (χ0) is 18.5. The van der Waals surface area contributed by atoms with Crippen molar-refractivity contribution in [3.8, 4) is 0 Å². The van der Waals surface area contributed by atoms with Gasteiger partial charge >= 0.3 is 0 Å². The van der Waals surface area contributed by atoms with Gasteiger partial charge in [0.05, 0.1) is 13.2 Å². The molecule has 5 nitrogen and oxygen atoms in total. The van der Waals surface area contributed by atoms with Crippen LogP contribution in [0.2, 0.25) is 0 Å². The summed E-state index contributed by atoms with van der Waals surface area (Å²) in [5, 5.41) is 3.61. The zero-order valence-corrected chi connectivity index (χ0v) is 19.5. The maximum Gasteiger partial charge on any atom is 0.193 e. The maximum absolute atomic E-state index is 5.45. The summed E-state index contributed by atoms with van der Waals surface area (Å²) in [6.07, 6.45) is 6.97. The van der Waals surface area contributed by atoms with Gasteiger partial charge in [-0.05, 0) is 35.8 Å². The molecule has 0 bridgehead atoms. The van der Waals surface area contributed by atoms with Gasteiger partial charge in [-0.2, -0.15) is 0 Å². The second kappa shape index (κ2) is 10.3. The molecule has 2 saturated heterocycles. The van der Waals surface area contributed by atoms with E-state index in [2.05, 4.69) is 44.4 Å². The molecule has 0 atom stereocenters. The first kappa shape index (κ1) is 21.8. The van der Waals surface area contributed by atoms with Crippen LogP contribution in [-0.4, -0.2) is 62.2 Å². The van der Waals surface area contributed by atoms with Gasteiger partial charge in [0.2, 0.25) is 0 Å². The van der Waals surface area contributed by atoms with Crippen LogP contribution >= 0.6 is 24.0 Å². The summed E-state index contributed by atoms with van der Waals surface area (Å²) < 4.78 is 5.45. The van der Waals surface area contributed by atoms with Crippen LogP contribution in [0, 0.1) is 5.41 Å². The van der Waals surface area contributed by atoms with Crippen LogP contribution in [0.15, 0.2) is 29.3 Å². The number of aliphatic imine (C=N–C) groups is 1. The van der Waals surface area contributed by atoms with Crippen molar-refractivity contribution in [1.82, 2.24) is 15.1 Å². The van der Waals surface area contributed by atoms with Crippen molar-refractivity contribution in [3.05, 3.63) is 35.4 Å². The topological polar surface area (TPSA) is 40.1 Å². The van der Waals surface area contributed by atoms with E-state index in [0.717, 1.165) is 51.9 Å². The average molecular weight is 498 g/mol. The number of hydrogen-bond acceptors (Lipinski definition) is 3. The minimum Gasteiger partial charge on any atom is -0.379 e. The fourth-order valence-electron chi connectivity index (χ4n) is 5.02. The molecule has 0 amide bonds. The second-order valence-electron chi connectivity index (χ2n) is 8.49. The average Bonchev–Trinajstić information content (AvgIpc) is 3.34. The number of halogens is 1. The third kappa shape index (κ3) is 5.39. The van der Waals surface area contributed by atoms with Crippen molar-refractivity contribution in [1.29, 1.82) is 0 Å². The molecule has 1 N–H and O–H groups in total. The highest BCUT2D eigenvalue weighted by Gasteiger charge is 2.41. The summed E-state index contributed by atoms with van der Waals surface area (Å²) in [6, 6.07) is 8.96. The first-order chi connectivity index (χ1) is 13.3. The third-order valence-electron chi connectivity index (χ3n) is 6.57. The molecule has 2 heterocycles. The summed E-state index contributed by atoms with van der Waals surface area (Å²) in [7, 11) is 1.91. The Kier molecular flexibility index (Phi) is 8.00. The fraction of sp³-hybridized carbons (Fsp3) is 0.682. The molecule has 156 valence electrons. The molecule has 1 aliphatic carbocycles. The molecule has 1 aromatic carbocycles. The lowest BCUT2D eigenvalue weighted by Gasteiger charge is -2.27. The molecule has 6 heteroatoms. The van der Waals surface area contributed by atoms with E-state index in [9.17, 15) is 0 Å². The first-order valence-corrected chi connectivity index (χ1v) is 10.6. The Labute approximate surface area is 186 Å². The number of nitrogens with one attached hydrogen (secondary N) is 1. The maximum atomic E-state index is 5.45. The summed E-state index contributed by atoms with van der Waals surface area (Å²) >= 11 is 0. The number of likely N-dealkylation sites (tertiary alicyclic amines) is 1. The van der Waals surface area contributed by atoms with Crippen LogP contribution in [0.3, 0.4) is 0 Å². The van der Waals surface area contributed by atoms with Gasteiger partial charge < -0.3 is 15.0 Å². The number of morpholine rings is 1. The van der Waals surface area contributed by atoms with E-state index in [0.29, 0.717) is 5.41 Å². The smallest absolute Gasteiger partial charge is 0.193 e. The Morgan fingerprint density at radius 2 is 1.86 bits per heavy atom. The Balaban J connectivity index is 0.00000225. The van der Waals surface area contributed by atoms with Gasteiger partial charge in [-0.25, -0.2) is 0 Å². The summed E-state index contributed by atoms with van der Waals surface area (Å²) in [4.78, 5) is 9.51. The standard InChI is InChI=1S/C22H34N4O.HI/c1-23-21(26-10-9-22(18-26)7-2-3-8-22)24-16-19-5-4-6-20(15-19)17-25-11-13-27-14-12-25;/h4-6,15H,2-3,7-14,16-18H2,1H3,(H,23,24);1H. The first-order valence-electron chi connectivity index (χ1n) is 10.6. The van der Waals surface area contributed by atoms with Crippen molar-refractivity contribution in [2.75, 3.05) is 46.4 Å². The van der Waals surface area contributed by atoms with E-state index < -0.39 is 0 Å². The van der Waals surface area contributed by atoms with E-state index in [1.807, 2.05) is 7.05 Å². The van der Waals surface area contributed by atoms with E-state index in [1.54, 1.807) is 0 Å². The highest BCUT2D eigenvalue weighted by atomic mass is 127. The predicted molar refractivity (Wildman–Crippen MR) is 125 cm³/mol. The number of hydrogen-bond donors (Lipinski definition) is 1. The Morgan fingerprint density at radius 1 is 1.11 bits per heavy atom. The van der Waals surface area contributed by atoms with Gasteiger partial charge in [-0.3, -0.25) is 9.89 Å². The minimum atomic E-state index is 0. The molecule has 4 rings (SSSR count). The lowest BCUT2D eigenvalue weighted by molar-refractivity contribution is 0.0342. The van der Waals surface area contributed by atoms with Gasteiger partial charge in [0, 0.05) is 46.3 Å². The van der Waals surface area contributed by atoms with Crippen LogP contribution in [0.4, 0.5) is 0 Å². The molecule has 0 unspecified atom stereocenters. The van der Waals surface area contributed by atoms with Crippen LogP contribution in [0.1, 0.15) is 43.2 Å². The normalized spacial score (nSPS) is 22.5. The fourth-order valence-corrected chi connectivity index (χ4v) is 5.02. The third-order valence-corrected chi connectivity index (χ3v) is 6.57. The molecule has 1 spiro atoms.